The monoisotopic (exact) mass is 435 g/mol. The topological polar surface area (TPSA) is 60.9 Å². The predicted molar refractivity (Wildman–Crippen MR) is 121 cm³/mol. The Balaban J connectivity index is 1.74. The molecule has 1 saturated heterocycles. The van der Waals surface area contributed by atoms with E-state index in [2.05, 4.69) is 32.6 Å². The number of benzene rings is 1. The lowest BCUT2D eigenvalue weighted by Gasteiger charge is -2.28. The van der Waals surface area contributed by atoms with Crippen LogP contribution in [0.5, 0.6) is 0 Å². The average molecular weight is 436 g/mol. The average Bonchev–Trinajstić information content (AvgIpc) is 3.11. The van der Waals surface area contributed by atoms with E-state index in [0.717, 1.165) is 43.6 Å². The van der Waals surface area contributed by atoms with Crippen LogP contribution in [0.2, 0.25) is 0 Å². The number of hydrogen-bond donors (Lipinski definition) is 0. The first-order valence-corrected chi connectivity index (χ1v) is 12.8. The molecule has 0 unspecified atom stereocenters. The van der Waals surface area contributed by atoms with Gasteiger partial charge in [-0.25, -0.2) is 8.42 Å². The fourth-order valence-corrected chi connectivity index (χ4v) is 6.13. The first kappa shape index (κ1) is 23.2. The maximum absolute atomic E-state index is 13.1. The van der Waals surface area contributed by atoms with Gasteiger partial charge in [-0.2, -0.15) is 4.31 Å². The van der Waals surface area contributed by atoms with E-state index in [9.17, 15) is 13.2 Å². The molecule has 2 heterocycles. The molecule has 1 aromatic rings. The quantitative estimate of drug-likeness (QED) is 0.628. The molecule has 0 spiro atoms. The smallest absolute Gasteiger partial charge is 0.243 e. The highest BCUT2D eigenvalue weighted by Gasteiger charge is 2.30. The van der Waals surface area contributed by atoms with Crippen LogP contribution < -0.4 is 4.90 Å². The normalized spacial score (nSPS) is 17.9. The Hall–Kier alpha value is -1.44. The van der Waals surface area contributed by atoms with Gasteiger partial charge in [0, 0.05) is 38.4 Å². The maximum Gasteiger partial charge on any atom is 0.243 e. The molecule has 3 rings (SSSR count). The van der Waals surface area contributed by atoms with Gasteiger partial charge >= 0.3 is 0 Å². The first-order valence-electron chi connectivity index (χ1n) is 11.3. The summed E-state index contributed by atoms with van der Waals surface area (Å²) in [5, 5.41) is 0. The van der Waals surface area contributed by atoms with Gasteiger partial charge in [-0.1, -0.05) is 34.1 Å². The summed E-state index contributed by atoms with van der Waals surface area (Å²) in [6, 6.07) is 5.28. The van der Waals surface area contributed by atoms with Gasteiger partial charge in [0.25, 0.3) is 0 Å². The Labute approximate surface area is 182 Å². The zero-order chi connectivity index (χ0) is 21.9. The molecule has 1 fully saturated rings. The zero-order valence-electron chi connectivity index (χ0n) is 18.9. The number of piperidine rings is 1. The van der Waals surface area contributed by atoms with E-state index < -0.39 is 10.0 Å². The molecule has 0 aliphatic carbocycles. The van der Waals surface area contributed by atoms with E-state index in [-0.39, 0.29) is 5.91 Å². The molecule has 0 radical (unpaired) electrons. The van der Waals surface area contributed by atoms with Crippen molar-refractivity contribution in [2.45, 2.75) is 58.3 Å². The van der Waals surface area contributed by atoms with Crippen molar-refractivity contribution in [2.24, 2.45) is 11.8 Å². The number of carbonyl (C=O) groups excluding carboxylic acids is 1. The van der Waals surface area contributed by atoms with Crippen LogP contribution in [0.15, 0.2) is 23.1 Å². The number of rotatable bonds is 8. The lowest BCUT2D eigenvalue weighted by atomic mass is 10.1. The van der Waals surface area contributed by atoms with Gasteiger partial charge in [-0.15, -0.1) is 0 Å². The summed E-state index contributed by atoms with van der Waals surface area (Å²) >= 11 is 0. The van der Waals surface area contributed by atoms with Crippen LogP contribution in [0, 0.1) is 11.8 Å². The minimum Gasteiger partial charge on any atom is -0.311 e. The van der Waals surface area contributed by atoms with Gasteiger partial charge in [0.15, 0.2) is 0 Å². The van der Waals surface area contributed by atoms with Gasteiger partial charge in [-0.05, 0) is 54.9 Å². The van der Waals surface area contributed by atoms with Gasteiger partial charge in [0.1, 0.15) is 0 Å². The molecule has 2 aliphatic rings. The second-order valence-electron chi connectivity index (χ2n) is 9.53. The predicted octanol–water partition coefficient (Wildman–Crippen LogP) is 3.36. The minimum atomic E-state index is -3.45. The van der Waals surface area contributed by atoms with Gasteiger partial charge in [-0.3, -0.25) is 9.69 Å². The molecule has 6 nitrogen and oxygen atoms in total. The summed E-state index contributed by atoms with van der Waals surface area (Å²) in [5.41, 5.74) is 1.83. The Kier molecular flexibility index (Phi) is 7.58. The molecule has 1 amide bonds. The van der Waals surface area contributed by atoms with E-state index >= 15 is 0 Å². The molecule has 2 aliphatic heterocycles. The van der Waals surface area contributed by atoms with Crippen molar-refractivity contribution in [3.8, 4) is 0 Å². The summed E-state index contributed by atoms with van der Waals surface area (Å²) in [6.45, 7) is 12.7. The van der Waals surface area contributed by atoms with Crippen molar-refractivity contribution in [3.05, 3.63) is 23.8 Å². The number of sulfonamides is 1. The molecule has 1 aromatic carbocycles. The van der Waals surface area contributed by atoms with Crippen molar-refractivity contribution >= 4 is 21.6 Å². The van der Waals surface area contributed by atoms with E-state index in [1.807, 2.05) is 11.0 Å². The number of carbonyl (C=O) groups is 1. The maximum atomic E-state index is 13.1. The van der Waals surface area contributed by atoms with Crippen molar-refractivity contribution in [3.63, 3.8) is 0 Å². The van der Waals surface area contributed by atoms with E-state index in [4.69, 9.17) is 0 Å². The molecule has 0 saturated carbocycles. The van der Waals surface area contributed by atoms with Crippen LogP contribution in [-0.2, 0) is 21.2 Å². The first-order chi connectivity index (χ1) is 14.2. The summed E-state index contributed by atoms with van der Waals surface area (Å²) in [4.78, 5) is 17.5. The third-order valence-corrected chi connectivity index (χ3v) is 7.70. The molecular weight excluding hydrogens is 398 g/mol. The van der Waals surface area contributed by atoms with Crippen molar-refractivity contribution < 1.29 is 13.2 Å². The van der Waals surface area contributed by atoms with Crippen LogP contribution in [0.1, 0.15) is 52.5 Å². The molecule has 0 bridgehead atoms. The third kappa shape index (κ3) is 5.42. The molecule has 0 aromatic heterocycles. The van der Waals surface area contributed by atoms with Gasteiger partial charge in [0.05, 0.1) is 11.4 Å². The highest BCUT2D eigenvalue weighted by atomic mass is 32.2. The van der Waals surface area contributed by atoms with Gasteiger partial charge in [0.2, 0.25) is 15.9 Å². The van der Waals surface area contributed by atoms with Crippen molar-refractivity contribution in [1.82, 2.24) is 9.21 Å². The van der Waals surface area contributed by atoms with Crippen molar-refractivity contribution in [1.29, 1.82) is 0 Å². The Bertz CT molecular complexity index is 835. The van der Waals surface area contributed by atoms with E-state index in [1.165, 1.54) is 0 Å². The van der Waals surface area contributed by atoms with E-state index in [0.29, 0.717) is 49.3 Å². The summed E-state index contributed by atoms with van der Waals surface area (Å²) in [5.74, 6) is 1.11. The van der Waals surface area contributed by atoms with Crippen LogP contribution >= 0.6 is 0 Å². The summed E-state index contributed by atoms with van der Waals surface area (Å²) in [7, 11) is -3.45. The summed E-state index contributed by atoms with van der Waals surface area (Å²) in [6.07, 6.45) is 3.65. The minimum absolute atomic E-state index is 0.0988. The molecule has 30 heavy (non-hydrogen) atoms. The summed E-state index contributed by atoms with van der Waals surface area (Å²) < 4.78 is 27.6. The number of amides is 1. The Morgan fingerprint density at radius 3 is 2.23 bits per heavy atom. The third-order valence-electron chi connectivity index (χ3n) is 5.81. The largest absolute Gasteiger partial charge is 0.311 e. The Morgan fingerprint density at radius 2 is 1.63 bits per heavy atom. The van der Waals surface area contributed by atoms with Gasteiger partial charge < -0.3 is 4.90 Å². The second-order valence-corrected chi connectivity index (χ2v) is 11.5. The fourth-order valence-electron chi connectivity index (χ4n) is 4.57. The number of nitrogens with zero attached hydrogens (tertiary/aromatic N) is 3. The molecular formula is C23H37N3O3S. The SMILES string of the molecule is CC(C)CN(CC(=O)N1CCc2cc(S(=O)(=O)N3CCCCC3)ccc21)CC(C)C. The molecule has 7 heteroatoms. The second kappa shape index (κ2) is 9.79. The van der Waals surface area contributed by atoms with Crippen LogP contribution in [-0.4, -0.2) is 62.8 Å². The number of hydrogen-bond acceptors (Lipinski definition) is 4. The van der Waals surface area contributed by atoms with E-state index in [1.54, 1.807) is 16.4 Å². The molecule has 0 N–H and O–H groups in total. The van der Waals surface area contributed by atoms with Crippen LogP contribution in [0.3, 0.4) is 0 Å². The van der Waals surface area contributed by atoms with Crippen LogP contribution in [0.25, 0.3) is 0 Å². The number of fused-ring (bicyclic) bond motifs is 1. The molecule has 0 atom stereocenters. The number of anilines is 1. The zero-order valence-corrected chi connectivity index (χ0v) is 19.7. The molecule has 168 valence electrons. The van der Waals surface area contributed by atoms with Crippen LogP contribution in [0.4, 0.5) is 5.69 Å². The van der Waals surface area contributed by atoms with Crippen molar-refractivity contribution in [2.75, 3.05) is 44.2 Å². The standard InChI is InChI=1S/C23H37N3O3S/c1-18(2)15-24(16-19(3)4)17-23(27)26-13-10-20-14-21(8-9-22(20)26)30(28,29)25-11-6-5-7-12-25/h8-9,14,18-19H,5-7,10-13,15-17H2,1-4H3. The lowest BCUT2D eigenvalue weighted by molar-refractivity contribution is -0.119. The fraction of sp³-hybridized carbons (Fsp3) is 0.696. The highest BCUT2D eigenvalue weighted by Crippen LogP contribution is 2.32. The Morgan fingerprint density at radius 1 is 1.00 bits per heavy atom. The lowest BCUT2D eigenvalue weighted by Crippen LogP contribution is -2.42. The highest BCUT2D eigenvalue weighted by molar-refractivity contribution is 7.89.